The average Bonchev–Trinajstić information content (AvgIpc) is 3.34. The Hall–Kier alpha value is -3.18. The van der Waals surface area contributed by atoms with Crippen molar-refractivity contribution >= 4 is 38.5 Å². The Balaban J connectivity index is 1.19. The highest BCUT2D eigenvalue weighted by Crippen LogP contribution is 2.45. The van der Waals surface area contributed by atoms with Gasteiger partial charge in [0.15, 0.2) is 0 Å². The lowest BCUT2D eigenvalue weighted by atomic mass is 10.1. The van der Waals surface area contributed by atoms with Crippen LogP contribution in [0.25, 0.3) is 11.0 Å². The number of sulfonamides is 1. The number of aromatic amines is 1. The van der Waals surface area contributed by atoms with Crippen LogP contribution in [0.15, 0.2) is 47.8 Å². The minimum Gasteiger partial charge on any atom is -0.385 e. The third kappa shape index (κ3) is 3.89. The van der Waals surface area contributed by atoms with Gasteiger partial charge in [0.05, 0.1) is 15.8 Å². The molecular weight excluding hydrogens is 430 g/mol. The lowest BCUT2D eigenvalue weighted by molar-refractivity contribution is -0.134. The highest BCUT2D eigenvalue weighted by molar-refractivity contribution is 7.89. The molecule has 168 valence electrons. The molecule has 32 heavy (non-hydrogen) atoms. The number of nitrogens with two attached hydrogens (primary N) is 1. The van der Waals surface area contributed by atoms with Gasteiger partial charge in [-0.15, -0.1) is 0 Å². The van der Waals surface area contributed by atoms with Gasteiger partial charge >= 0.3 is 0 Å². The van der Waals surface area contributed by atoms with E-state index >= 15 is 0 Å². The van der Waals surface area contributed by atoms with E-state index in [1.54, 1.807) is 18.5 Å². The van der Waals surface area contributed by atoms with Gasteiger partial charge in [-0.25, -0.2) is 23.5 Å². The molecule has 1 spiro atoms. The first-order chi connectivity index (χ1) is 15.4. The molecule has 1 saturated heterocycles. The number of anilines is 2. The van der Waals surface area contributed by atoms with E-state index in [0.717, 1.165) is 48.5 Å². The molecule has 0 bridgehead atoms. The summed E-state index contributed by atoms with van der Waals surface area (Å²) in [5.41, 5.74) is 1.46. The Bertz CT molecular complexity index is 1250. The summed E-state index contributed by atoms with van der Waals surface area (Å²) >= 11 is 0. The maximum absolute atomic E-state index is 13.0. The van der Waals surface area contributed by atoms with Gasteiger partial charge in [0.1, 0.15) is 17.8 Å². The summed E-state index contributed by atoms with van der Waals surface area (Å²) in [7, 11) is -3.71. The molecule has 11 heteroatoms. The predicted molar refractivity (Wildman–Crippen MR) is 121 cm³/mol. The number of nitrogens with zero attached hydrogens (tertiary/aromatic N) is 4. The fourth-order valence-electron chi connectivity index (χ4n) is 4.44. The molecule has 2 fully saturated rings. The van der Waals surface area contributed by atoms with Crippen LogP contribution < -0.4 is 15.4 Å². The molecule has 1 amide bonds. The number of nitrogens with one attached hydrogen (secondary N) is 2. The molecule has 2 aliphatic rings. The van der Waals surface area contributed by atoms with Crippen LogP contribution >= 0.6 is 0 Å². The largest absolute Gasteiger partial charge is 0.385 e. The van der Waals surface area contributed by atoms with Gasteiger partial charge in [-0.1, -0.05) is 0 Å². The molecule has 4 N–H and O–H groups in total. The summed E-state index contributed by atoms with van der Waals surface area (Å²) in [5.74, 6) is 1.05. The van der Waals surface area contributed by atoms with Crippen LogP contribution in [0.5, 0.6) is 0 Å². The second-order valence-electron chi connectivity index (χ2n) is 8.37. The summed E-state index contributed by atoms with van der Waals surface area (Å²) < 4.78 is 22.7. The van der Waals surface area contributed by atoms with E-state index in [2.05, 4.69) is 25.2 Å². The fraction of sp³-hybridized carbons (Fsp3) is 0.381. The van der Waals surface area contributed by atoms with E-state index in [-0.39, 0.29) is 16.3 Å². The van der Waals surface area contributed by atoms with Gasteiger partial charge in [0.25, 0.3) is 0 Å². The number of carbonyl (C=O) groups is 1. The molecule has 1 saturated carbocycles. The summed E-state index contributed by atoms with van der Waals surface area (Å²) in [4.78, 5) is 29.2. The smallest absolute Gasteiger partial charge is 0.238 e. The van der Waals surface area contributed by atoms with E-state index in [1.165, 1.54) is 12.1 Å². The zero-order valence-corrected chi connectivity index (χ0v) is 18.3. The highest BCUT2D eigenvalue weighted by Gasteiger charge is 2.53. The summed E-state index contributed by atoms with van der Waals surface area (Å²) in [6.45, 7) is 2.64. The lowest BCUT2D eigenvalue weighted by Crippen LogP contribution is -2.57. The molecule has 1 aliphatic carbocycles. The average molecular weight is 456 g/mol. The molecule has 0 unspecified atom stereocenters. The molecule has 2 aromatic heterocycles. The number of hydrogen-bond donors (Lipinski definition) is 3. The monoisotopic (exact) mass is 455 g/mol. The van der Waals surface area contributed by atoms with E-state index in [4.69, 9.17) is 5.14 Å². The maximum Gasteiger partial charge on any atom is 0.238 e. The normalized spacial score (nSPS) is 17.7. The summed E-state index contributed by atoms with van der Waals surface area (Å²) in [6, 6.07) is 8.19. The number of primary sulfonamides is 1. The van der Waals surface area contributed by atoms with Crippen molar-refractivity contribution in [2.45, 2.75) is 29.7 Å². The lowest BCUT2D eigenvalue weighted by Gasteiger charge is -2.43. The fourth-order valence-corrected chi connectivity index (χ4v) is 4.96. The van der Waals surface area contributed by atoms with Gasteiger partial charge in [-0.3, -0.25) is 4.79 Å². The first-order valence-electron chi connectivity index (χ1n) is 10.6. The van der Waals surface area contributed by atoms with Crippen molar-refractivity contribution in [3.05, 3.63) is 42.9 Å². The Kier molecular flexibility index (Phi) is 5.01. The molecule has 3 aromatic rings. The predicted octanol–water partition coefficient (Wildman–Crippen LogP) is 1.29. The van der Waals surface area contributed by atoms with Crippen LogP contribution in [0.1, 0.15) is 19.3 Å². The Morgan fingerprint density at radius 2 is 1.94 bits per heavy atom. The minimum atomic E-state index is -3.71. The Labute approximate surface area is 185 Å². The SMILES string of the molecule is NS(=O)(=O)c1ccc(NCCC(=O)N2CCN(c3ncnc4[nH]ccc34)CC23CC3)cc1. The molecule has 5 rings (SSSR count). The zero-order valence-electron chi connectivity index (χ0n) is 17.5. The van der Waals surface area contributed by atoms with Gasteiger partial charge in [-0.2, -0.15) is 0 Å². The number of piperazine rings is 1. The van der Waals surface area contributed by atoms with Crippen LogP contribution in [0.2, 0.25) is 0 Å². The first-order valence-corrected chi connectivity index (χ1v) is 12.1. The molecule has 10 nitrogen and oxygen atoms in total. The van der Waals surface area contributed by atoms with Crippen molar-refractivity contribution in [3.8, 4) is 0 Å². The second kappa shape index (κ2) is 7.75. The standard InChI is InChI=1S/C21H25N7O3S/c22-32(30,31)16-3-1-15(2-4-16)23-10-6-18(29)28-12-11-27(13-21(28)7-8-21)20-17-5-9-24-19(17)25-14-26-20/h1-5,9,14,23H,6-8,10-13H2,(H2,22,30,31)(H,24,25,26). The van der Waals surface area contributed by atoms with E-state index < -0.39 is 10.0 Å². The van der Waals surface area contributed by atoms with Crippen molar-refractivity contribution < 1.29 is 13.2 Å². The number of carbonyl (C=O) groups excluding carboxylic acids is 1. The highest BCUT2D eigenvalue weighted by atomic mass is 32.2. The van der Waals surface area contributed by atoms with Crippen LogP contribution in [0.4, 0.5) is 11.5 Å². The van der Waals surface area contributed by atoms with E-state index in [9.17, 15) is 13.2 Å². The number of H-pyrrole nitrogens is 1. The number of hydrogen-bond acceptors (Lipinski definition) is 7. The quantitative estimate of drug-likeness (QED) is 0.509. The molecule has 3 heterocycles. The zero-order chi connectivity index (χ0) is 22.3. The molecule has 0 atom stereocenters. The summed E-state index contributed by atoms with van der Waals surface area (Å²) in [6.07, 6.45) is 5.81. The van der Waals surface area contributed by atoms with Gasteiger partial charge in [-0.05, 0) is 43.2 Å². The second-order valence-corrected chi connectivity index (χ2v) is 9.94. The van der Waals surface area contributed by atoms with E-state index in [1.807, 2.05) is 17.2 Å². The van der Waals surface area contributed by atoms with E-state index in [0.29, 0.717) is 19.5 Å². The van der Waals surface area contributed by atoms with Crippen LogP contribution in [0.3, 0.4) is 0 Å². The first kappa shape index (κ1) is 20.7. The Morgan fingerprint density at radius 1 is 1.16 bits per heavy atom. The minimum absolute atomic E-state index is 0.0632. The molecular formula is C21H25N7O3S. The van der Waals surface area contributed by atoms with Gasteiger partial charge in [0.2, 0.25) is 15.9 Å². The van der Waals surface area contributed by atoms with Crippen LogP contribution in [-0.4, -0.2) is 65.9 Å². The third-order valence-electron chi connectivity index (χ3n) is 6.26. The number of aromatic nitrogens is 3. The van der Waals surface area contributed by atoms with Crippen molar-refractivity contribution in [3.63, 3.8) is 0 Å². The van der Waals surface area contributed by atoms with Crippen molar-refractivity contribution in [1.29, 1.82) is 0 Å². The number of amides is 1. The van der Waals surface area contributed by atoms with Gasteiger partial charge in [0, 0.05) is 44.5 Å². The number of fused-ring (bicyclic) bond motifs is 1. The number of rotatable bonds is 6. The molecule has 1 aromatic carbocycles. The topological polar surface area (TPSA) is 137 Å². The van der Waals surface area contributed by atoms with Crippen LogP contribution in [0, 0.1) is 0 Å². The summed E-state index contributed by atoms with van der Waals surface area (Å²) in [5, 5.41) is 9.30. The number of benzene rings is 1. The Morgan fingerprint density at radius 3 is 2.66 bits per heavy atom. The third-order valence-corrected chi connectivity index (χ3v) is 7.19. The van der Waals surface area contributed by atoms with Crippen molar-refractivity contribution in [1.82, 2.24) is 19.9 Å². The molecule has 0 radical (unpaired) electrons. The maximum atomic E-state index is 13.0. The molecule has 1 aliphatic heterocycles. The van der Waals surface area contributed by atoms with Crippen molar-refractivity contribution in [2.24, 2.45) is 5.14 Å². The van der Waals surface area contributed by atoms with Crippen LogP contribution in [-0.2, 0) is 14.8 Å². The van der Waals surface area contributed by atoms with Gasteiger partial charge < -0.3 is 20.1 Å². The van der Waals surface area contributed by atoms with Crippen molar-refractivity contribution in [2.75, 3.05) is 36.4 Å².